The zero-order chi connectivity index (χ0) is 17.9. The van der Waals surface area contributed by atoms with Crippen LogP contribution in [0.3, 0.4) is 0 Å². The molecule has 0 atom stereocenters. The quantitative estimate of drug-likeness (QED) is 0.519. The van der Waals surface area contributed by atoms with E-state index in [1.165, 1.54) is 6.08 Å². The molecular weight excluding hydrogens is 318 g/mol. The molecule has 1 N–H and O–H groups in total. The molecule has 0 saturated carbocycles. The first-order chi connectivity index (χ1) is 12.2. The van der Waals surface area contributed by atoms with Gasteiger partial charge < -0.3 is 19.2 Å². The Bertz CT molecular complexity index is 677. The predicted molar refractivity (Wildman–Crippen MR) is 97.6 cm³/mol. The number of amides is 1. The summed E-state index contributed by atoms with van der Waals surface area (Å²) < 4.78 is 16.3. The average Bonchev–Trinajstić information content (AvgIpc) is 3.16. The van der Waals surface area contributed by atoms with Gasteiger partial charge in [-0.05, 0) is 42.3 Å². The van der Waals surface area contributed by atoms with E-state index in [9.17, 15) is 4.79 Å². The van der Waals surface area contributed by atoms with Crippen molar-refractivity contribution in [3.05, 3.63) is 54.0 Å². The van der Waals surface area contributed by atoms with Gasteiger partial charge >= 0.3 is 0 Å². The Hall–Kier alpha value is -2.69. The lowest BCUT2D eigenvalue weighted by atomic mass is 10.2. The molecule has 25 heavy (non-hydrogen) atoms. The number of unbranched alkanes of at least 4 members (excludes halogenated alkanes) is 2. The molecule has 1 heterocycles. The van der Waals surface area contributed by atoms with Crippen molar-refractivity contribution in [1.82, 2.24) is 5.32 Å². The van der Waals surface area contributed by atoms with Crippen molar-refractivity contribution in [2.45, 2.75) is 32.7 Å². The maximum absolute atomic E-state index is 11.8. The van der Waals surface area contributed by atoms with Crippen molar-refractivity contribution in [2.24, 2.45) is 0 Å². The zero-order valence-electron chi connectivity index (χ0n) is 14.8. The fourth-order valence-electron chi connectivity index (χ4n) is 2.26. The molecule has 0 spiro atoms. The predicted octanol–water partition coefficient (Wildman–Crippen LogP) is 4.19. The topological polar surface area (TPSA) is 60.7 Å². The molecule has 0 bridgehead atoms. The molecule has 1 amide bonds. The van der Waals surface area contributed by atoms with Gasteiger partial charge in [0.2, 0.25) is 5.91 Å². The van der Waals surface area contributed by atoms with Crippen LogP contribution in [0.2, 0.25) is 0 Å². The molecule has 5 heteroatoms. The highest BCUT2D eigenvalue weighted by Crippen LogP contribution is 2.28. The number of furan rings is 1. The number of carbonyl (C=O) groups excluding carboxylic acids is 1. The lowest BCUT2D eigenvalue weighted by Gasteiger charge is -2.11. The van der Waals surface area contributed by atoms with Gasteiger partial charge in [0.1, 0.15) is 5.76 Å². The summed E-state index contributed by atoms with van der Waals surface area (Å²) in [6.45, 7) is 3.20. The van der Waals surface area contributed by atoms with E-state index in [1.54, 1.807) is 25.5 Å². The van der Waals surface area contributed by atoms with Crippen molar-refractivity contribution in [1.29, 1.82) is 0 Å². The van der Waals surface area contributed by atoms with Crippen LogP contribution >= 0.6 is 0 Å². The summed E-state index contributed by atoms with van der Waals surface area (Å²) in [5.74, 6) is 1.91. The molecule has 5 nitrogen and oxygen atoms in total. The minimum absolute atomic E-state index is 0.185. The lowest BCUT2D eigenvalue weighted by molar-refractivity contribution is -0.116. The summed E-state index contributed by atoms with van der Waals surface area (Å²) in [5.41, 5.74) is 0.867. The van der Waals surface area contributed by atoms with Crippen LogP contribution in [0, 0.1) is 0 Å². The molecule has 0 aliphatic heterocycles. The molecule has 0 fully saturated rings. The lowest BCUT2D eigenvalue weighted by Crippen LogP contribution is -2.19. The monoisotopic (exact) mass is 343 g/mol. The largest absolute Gasteiger partial charge is 0.493 e. The van der Waals surface area contributed by atoms with E-state index in [0.29, 0.717) is 24.7 Å². The highest BCUT2D eigenvalue weighted by molar-refractivity contribution is 5.91. The molecular formula is C20H25NO4. The highest BCUT2D eigenvalue weighted by Gasteiger charge is 2.05. The second-order valence-electron chi connectivity index (χ2n) is 5.60. The highest BCUT2D eigenvalue weighted by atomic mass is 16.5. The molecule has 2 rings (SSSR count). The Kier molecular flexibility index (Phi) is 7.63. The first-order valence-electron chi connectivity index (χ1n) is 8.52. The second kappa shape index (κ2) is 10.2. The summed E-state index contributed by atoms with van der Waals surface area (Å²) in [6.07, 6.45) is 8.13. The number of hydrogen-bond acceptors (Lipinski definition) is 4. The van der Waals surface area contributed by atoms with Crippen LogP contribution in [0.15, 0.2) is 47.1 Å². The van der Waals surface area contributed by atoms with Crippen molar-refractivity contribution in [3.63, 3.8) is 0 Å². The van der Waals surface area contributed by atoms with Crippen LogP contribution in [0.1, 0.15) is 37.5 Å². The molecule has 0 unspecified atom stereocenters. The third-order valence-corrected chi connectivity index (χ3v) is 3.64. The molecule has 2 aromatic rings. The van der Waals surface area contributed by atoms with Gasteiger partial charge in [-0.15, -0.1) is 0 Å². The zero-order valence-corrected chi connectivity index (χ0v) is 14.8. The fourth-order valence-corrected chi connectivity index (χ4v) is 2.26. The van der Waals surface area contributed by atoms with E-state index < -0.39 is 0 Å². The van der Waals surface area contributed by atoms with Crippen LogP contribution in [0.4, 0.5) is 0 Å². The number of rotatable bonds is 10. The van der Waals surface area contributed by atoms with E-state index in [-0.39, 0.29) is 5.91 Å². The number of hydrogen-bond donors (Lipinski definition) is 1. The molecule has 0 aliphatic rings. The maximum Gasteiger partial charge on any atom is 0.244 e. The Labute approximate surface area is 148 Å². The summed E-state index contributed by atoms with van der Waals surface area (Å²) in [4.78, 5) is 11.8. The number of ether oxygens (including phenoxy) is 2. The molecule has 0 radical (unpaired) electrons. The fraction of sp³-hybridized carbons (Fsp3) is 0.350. The number of carbonyl (C=O) groups is 1. The summed E-state index contributed by atoms with van der Waals surface area (Å²) >= 11 is 0. The molecule has 1 aromatic carbocycles. The van der Waals surface area contributed by atoms with E-state index in [2.05, 4.69) is 12.2 Å². The first kappa shape index (κ1) is 18.6. The van der Waals surface area contributed by atoms with Crippen LogP contribution in [0.5, 0.6) is 11.5 Å². The van der Waals surface area contributed by atoms with Gasteiger partial charge in [0.15, 0.2) is 11.5 Å². The van der Waals surface area contributed by atoms with Crippen molar-refractivity contribution >= 4 is 12.0 Å². The summed E-state index contributed by atoms with van der Waals surface area (Å²) in [6, 6.07) is 9.22. The summed E-state index contributed by atoms with van der Waals surface area (Å²) in [5, 5.41) is 2.76. The van der Waals surface area contributed by atoms with E-state index in [4.69, 9.17) is 13.9 Å². The molecule has 1 aromatic heterocycles. The smallest absolute Gasteiger partial charge is 0.244 e. The van der Waals surface area contributed by atoms with Crippen molar-refractivity contribution in [3.8, 4) is 11.5 Å². The standard InChI is InChI=1S/C20H25NO4/c1-3-4-5-12-25-18-10-8-16(14-19(18)23-2)9-11-20(22)21-15-17-7-6-13-24-17/h6-11,13-14H,3-5,12,15H2,1-2H3,(H,21,22). The van der Waals surface area contributed by atoms with E-state index in [1.807, 2.05) is 24.3 Å². The maximum atomic E-state index is 11.8. The molecule has 0 saturated heterocycles. The van der Waals surface area contributed by atoms with Gasteiger partial charge in [0.25, 0.3) is 0 Å². The number of nitrogens with one attached hydrogen (secondary N) is 1. The average molecular weight is 343 g/mol. The van der Waals surface area contributed by atoms with Gasteiger partial charge in [-0.25, -0.2) is 0 Å². The molecule has 0 aliphatic carbocycles. The van der Waals surface area contributed by atoms with Gasteiger partial charge in [-0.1, -0.05) is 25.8 Å². The van der Waals surface area contributed by atoms with Gasteiger partial charge in [-0.2, -0.15) is 0 Å². The second-order valence-corrected chi connectivity index (χ2v) is 5.60. The Morgan fingerprint density at radius 1 is 1.24 bits per heavy atom. The van der Waals surface area contributed by atoms with Crippen LogP contribution in [-0.2, 0) is 11.3 Å². The number of methoxy groups -OCH3 is 1. The normalized spacial score (nSPS) is 10.8. The Balaban J connectivity index is 1.89. The van der Waals surface area contributed by atoms with Crippen molar-refractivity contribution in [2.75, 3.05) is 13.7 Å². The Morgan fingerprint density at radius 3 is 2.84 bits per heavy atom. The van der Waals surface area contributed by atoms with Crippen LogP contribution in [-0.4, -0.2) is 19.6 Å². The minimum Gasteiger partial charge on any atom is -0.493 e. The third-order valence-electron chi connectivity index (χ3n) is 3.64. The van der Waals surface area contributed by atoms with Crippen LogP contribution < -0.4 is 14.8 Å². The van der Waals surface area contributed by atoms with Gasteiger partial charge in [0, 0.05) is 6.08 Å². The van der Waals surface area contributed by atoms with E-state index >= 15 is 0 Å². The Morgan fingerprint density at radius 2 is 2.12 bits per heavy atom. The first-order valence-corrected chi connectivity index (χ1v) is 8.52. The SMILES string of the molecule is CCCCCOc1ccc(C=CC(=O)NCc2ccco2)cc1OC. The van der Waals surface area contributed by atoms with Crippen molar-refractivity contribution < 1.29 is 18.7 Å². The van der Waals surface area contributed by atoms with Gasteiger partial charge in [-0.3, -0.25) is 4.79 Å². The molecule has 134 valence electrons. The van der Waals surface area contributed by atoms with Gasteiger partial charge in [0.05, 0.1) is 26.5 Å². The summed E-state index contributed by atoms with van der Waals surface area (Å²) in [7, 11) is 1.61. The minimum atomic E-state index is -0.185. The third kappa shape index (κ3) is 6.37. The number of benzene rings is 1. The van der Waals surface area contributed by atoms with Crippen LogP contribution in [0.25, 0.3) is 6.08 Å². The van der Waals surface area contributed by atoms with E-state index in [0.717, 1.165) is 30.6 Å².